The first-order valence-corrected chi connectivity index (χ1v) is 4.39. The Labute approximate surface area is 67.9 Å². The highest BCUT2D eigenvalue weighted by molar-refractivity contribution is 5.69. The summed E-state index contributed by atoms with van der Waals surface area (Å²) in [6.45, 7) is 4.49. The molecule has 0 aromatic heterocycles. The Hall–Kier alpha value is -0.530. The van der Waals surface area contributed by atoms with Gasteiger partial charge in [-0.3, -0.25) is 4.79 Å². The molecule has 0 amide bonds. The Balaban J connectivity index is 2.12. The Morgan fingerprint density at radius 3 is 2.73 bits per heavy atom. The summed E-state index contributed by atoms with van der Waals surface area (Å²) in [6, 6.07) is 0. The van der Waals surface area contributed by atoms with Crippen LogP contribution in [0.5, 0.6) is 0 Å². The molecule has 64 valence electrons. The van der Waals surface area contributed by atoms with Crippen LogP contribution >= 0.6 is 0 Å². The Morgan fingerprint density at radius 2 is 2.27 bits per heavy atom. The van der Waals surface area contributed by atoms with Crippen LogP contribution in [0.3, 0.4) is 0 Å². The molecule has 1 aliphatic carbocycles. The van der Waals surface area contributed by atoms with Crippen molar-refractivity contribution in [2.45, 2.75) is 33.1 Å². The van der Waals surface area contributed by atoms with Crippen LogP contribution in [0.25, 0.3) is 0 Å². The summed E-state index contributed by atoms with van der Waals surface area (Å²) in [7, 11) is 0. The fourth-order valence-corrected chi connectivity index (χ4v) is 1.31. The van der Waals surface area contributed by atoms with Gasteiger partial charge in [-0.15, -0.1) is 0 Å². The highest BCUT2D eigenvalue weighted by atomic mass is 16.5. The van der Waals surface area contributed by atoms with Gasteiger partial charge in [-0.2, -0.15) is 0 Å². The van der Waals surface area contributed by atoms with Gasteiger partial charge in [0, 0.05) is 6.42 Å². The molecule has 0 bridgehead atoms. The number of hydrogen-bond donors (Lipinski definition) is 0. The Bertz CT molecular complexity index is 138. The van der Waals surface area contributed by atoms with E-state index < -0.39 is 0 Å². The fourth-order valence-electron chi connectivity index (χ4n) is 1.31. The van der Waals surface area contributed by atoms with E-state index >= 15 is 0 Å². The van der Waals surface area contributed by atoms with Crippen molar-refractivity contribution < 1.29 is 9.53 Å². The van der Waals surface area contributed by atoms with Crippen LogP contribution in [-0.2, 0) is 9.53 Å². The SMILES string of the molecule is CCOC(=O)CC(C)C1CC1. The molecule has 0 radical (unpaired) electrons. The quantitative estimate of drug-likeness (QED) is 0.582. The first-order valence-electron chi connectivity index (χ1n) is 4.39. The van der Waals surface area contributed by atoms with Crippen molar-refractivity contribution in [3.63, 3.8) is 0 Å². The van der Waals surface area contributed by atoms with E-state index in [2.05, 4.69) is 6.92 Å². The van der Waals surface area contributed by atoms with Crippen molar-refractivity contribution in [2.24, 2.45) is 11.8 Å². The number of carbonyl (C=O) groups is 1. The van der Waals surface area contributed by atoms with Crippen molar-refractivity contribution in [3.8, 4) is 0 Å². The maximum Gasteiger partial charge on any atom is 0.306 e. The number of esters is 1. The van der Waals surface area contributed by atoms with Gasteiger partial charge in [-0.1, -0.05) is 6.92 Å². The van der Waals surface area contributed by atoms with Crippen molar-refractivity contribution >= 4 is 5.97 Å². The van der Waals surface area contributed by atoms with E-state index in [0.29, 0.717) is 18.9 Å². The maximum absolute atomic E-state index is 11.0. The minimum Gasteiger partial charge on any atom is -0.466 e. The normalized spacial score (nSPS) is 19.5. The van der Waals surface area contributed by atoms with Gasteiger partial charge >= 0.3 is 5.97 Å². The van der Waals surface area contributed by atoms with E-state index in [1.807, 2.05) is 6.92 Å². The molecule has 0 aromatic carbocycles. The minimum absolute atomic E-state index is 0.0353. The molecule has 1 fully saturated rings. The predicted molar refractivity (Wildman–Crippen MR) is 43.1 cm³/mol. The van der Waals surface area contributed by atoms with Gasteiger partial charge in [0.2, 0.25) is 0 Å². The lowest BCUT2D eigenvalue weighted by atomic mass is 10.0. The molecule has 2 nitrogen and oxygen atoms in total. The van der Waals surface area contributed by atoms with Crippen LogP contribution in [0.2, 0.25) is 0 Å². The fraction of sp³-hybridized carbons (Fsp3) is 0.889. The van der Waals surface area contributed by atoms with Gasteiger partial charge in [0.1, 0.15) is 0 Å². The largest absolute Gasteiger partial charge is 0.466 e. The molecule has 1 aliphatic rings. The average molecular weight is 156 g/mol. The number of hydrogen-bond acceptors (Lipinski definition) is 2. The van der Waals surface area contributed by atoms with Crippen molar-refractivity contribution in [1.82, 2.24) is 0 Å². The number of ether oxygens (including phenoxy) is 1. The summed E-state index contributed by atoms with van der Waals surface area (Å²) >= 11 is 0. The Morgan fingerprint density at radius 1 is 1.64 bits per heavy atom. The molecule has 1 saturated carbocycles. The molecule has 0 saturated heterocycles. The van der Waals surface area contributed by atoms with Crippen LogP contribution in [0, 0.1) is 11.8 Å². The van der Waals surface area contributed by atoms with Crippen LogP contribution in [-0.4, -0.2) is 12.6 Å². The second kappa shape index (κ2) is 3.74. The molecule has 0 aliphatic heterocycles. The van der Waals surface area contributed by atoms with Crippen molar-refractivity contribution in [2.75, 3.05) is 6.61 Å². The molecular formula is C9H16O2. The predicted octanol–water partition coefficient (Wildman–Crippen LogP) is 1.99. The van der Waals surface area contributed by atoms with E-state index in [4.69, 9.17) is 4.74 Å². The van der Waals surface area contributed by atoms with Gasteiger partial charge in [0.15, 0.2) is 0 Å². The number of rotatable bonds is 4. The number of carbonyl (C=O) groups excluding carboxylic acids is 1. The first-order chi connectivity index (χ1) is 5.24. The molecule has 1 unspecified atom stereocenters. The summed E-state index contributed by atoms with van der Waals surface area (Å²) in [6.07, 6.45) is 3.22. The zero-order valence-electron chi connectivity index (χ0n) is 7.30. The van der Waals surface area contributed by atoms with E-state index in [9.17, 15) is 4.79 Å². The Kier molecular flexibility index (Phi) is 2.92. The second-order valence-electron chi connectivity index (χ2n) is 3.32. The third-order valence-corrected chi connectivity index (χ3v) is 2.22. The summed E-state index contributed by atoms with van der Waals surface area (Å²) < 4.78 is 4.85. The lowest BCUT2D eigenvalue weighted by Gasteiger charge is -2.07. The van der Waals surface area contributed by atoms with E-state index in [-0.39, 0.29) is 5.97 Å². The summed E-state index contributed by atoms with van der Waals surface area (Å²) in [5.74, 6) is 1.31. The topological polar surface area (TPSA) is 26.3 Å². The van der Waals surface area contributed by atoms with Crippen molar-refractivity contribution in [1.29, 1.82) is 0 Å². The molecule has 11 heavy (non-hydrogen) atoms. The summed E-state index contributed by atoms with van der Waals surface area (Å²) in [5, 5.41) is 0. The third kappa shape index (κ3) is 2.91. The average Bonchev–Trinajstić information content (AvgIpc) is 2.67. The zero-order valence-corrected chi connectivity index (χ0v) is 7.30. The van der Waals surface area contributed by atoms with Crippen LogP contribution in [0.15, 0.2) is 0 Å². The van der Waals surface area contributed by atoms with Gasteiger partial charge in [0.25, 0.3) is 0 Å². The van der Waals surface area contributed by atoms with Gasteiger partial charge < -0.3 is 4.74 Å². The third-order valence-electron chi connectivity index (χ3n) is 2.22. The molecule has 1 rings (SSSR count). The minimum atomic E-state index is -0.0353. The molecule has 1 atom stereocenters. The molecule has 0 N–H and O–H groups in total. The lowest BCUT2D eigenvalue weighted by molar-refractivity contribution is -0.144. The smallest absolute Gasteiger partial charge is 0.306 e. The van der Waals surface area contributed by atoms with Crippen LogP contribution in [0.1, 0.15) is 33.1 Å². The van der Waals surface area contributed by atoms with Crippen LogP contribution in [0.4, 0.5) is 0 Å². The van der Waals surface area contributed by atoms with Gasteiger partial charge in [0.05, 0.1) is 6.61 Å². The molecule has 2 heteroatoms. The highest BCUT2D eigenvalue weighted by Gasteiger charge is 2.29. The van der Waals surface area contributed by atoms with Gasteiger partial charge in [-0.05, 0) is 31.6 Å². The molecule has 0 heterocycles. The molecule has 0 spiro atoms. The van der Waals surface area contributed by atoms with E-state index in [0.717, 1.165) is 5.92 Å². The summed E-state index contributed by atoms with van der Waals surface area (Å²) in [4.78, 5) is 11.0. The molecular weight excluding hydrogens is 140 g/mol. The first kappa shape index (κ1) is 8.57. The van der Waals surface area contributed by atoms with Gasteiger partial charge in [-0.25, -0.2) is 0 Å². The monoisotopic (exact) mass is 156 g/mol. The van der Waals surface area contributed by atoms with Crippen LogP contribution < -0.4 is 0 Å². The summed E-state index contributed by atoms with van der Waals surface area (Å²) in [5.41, 5.74) is 0. The zero-order chi connectivity index (χ0) is 8.27. The molecule has 0 aromatic rings. The van der Waals surface area contributed by atoms with Crippen molar-refractivity contribution in [3.05, 3.63) is 0 Å². The van der Waals surface area contributed by atoms with E-state index in [1.165, 1.54) is 12.8 Å². The van der Waals surface area contributed by atoms with E-state index in [1.54, 1.807) is 0 Å². The lowest BCUT2D eigenvalue weighted by Crippen LogP contribution is -2.10. The standard InChI is InChI=1S/C9H16O2/c1-3-11-9(10)6-7(2)8-4-5-8/h7-8H,3-6H2,1-2H3. The highest BCUT2D eigenvalue weighted by Crippen LogP contribution is 2.38. The maximum atomic E-state index is 11.0. The second-order valence-corrected chi connectivity index (χ2v) is 3.32.